The zero-order valence-corrected chi connectivity index (χ0v) is 8.69. The van der Waals surface area contributed by atoms with Crippen molar-refractivity contribution in [1.82, 2.24) is 0 Å². The van der Waals surface area contributed by atoms with Crippen LogP contribution in [0.4, 0.5) is 5.69 Å². The van der Waals surface area contributed by atoms with Crippen LogP contribution in [0, 0.1) is 28.9 Å². The van der Waals surface area contributed by atoms with Crippen molar-refractivity contribution in [3.8, 4) is 11.8 Å². The summed E-state index contributed by atoms with van der Waals surface area (Å²) in [4.78, 5) is 20.6. The Kier molecular flexibility index (Phi) is 3.62. The van der Waals surface area contributed by atoms with Crippen LogP contribution >= 0.6 is 0 Å². The van der Waals surface area contributed by atoms with Crippen molar-refractivity contribution in [2.24, 2.45) is 5.73 Å². The Bertz CT molecular complexity index is 498. The Labute approximate surface area is 92.4 Å². The highest BCUT2D eigenvalue weighted by molar-refractivity contribution is 5.76. The van der Waals surface area contributed by atoms with Gasteiger partial charge in [0.05, 0.1) is 11.3 Å². The molecule has 1 amide bonds. The number of nitrogens with zero attached hydrogens (tertiary/aromatic N) is 1. The first-order valence-electron chi connectivity index (χ1n) is 4.53. The Morgan fingerprint density at radius 1 is 1.56 bits per heavy atom. The lowest BCUT2D eigenvalue weighted by Crippen LogP contribution is -2.08. The number of carbonyl (C=O) groups is 1. The Hall–Kier alpha value is -2.35. The molecule has 0 aliphatic heterocycles. The summed E-state index contributed by atoms with van der Waals surface area (Å²) in [7, 11) is 0. The van der Waals surface area contributed by atoms with E-state index in [2.05, 4.69) is 11.8 Å². The Morgan fingerprint density at radius 3 is 2.81 bits per heavy atom. The third-order valence-corrected chi connectivity index (χ3v) is 1.83. The summed E-state index contributed by atoms with van der Waals surface area (Å²) < 4.78 is 0. The zero-order chi connectivity index (χ0) is 12.1. The van der Waals surface area contributed by atoms with Crippen LogP contribution in [-0.4, -0.2) is 10.8 Å². The molecule has 0 atom stereocenters. The molecular formula is C11H10N2O3. The molecular weight excluding hydrogens is 208 g/mol. The molecule has 5 heteroatoms. The molecule has 5 nitrogen and oxygen atoms in total. The molecule has 1 aromatic carbocycles. The first-order chi connectivity index (χ1) is 7.50. The fraction of sp³-hybridized carbons (Fsp3) is 0.182. The topological polar surface area (TPSA) is 86.2 Å². The molecule has 1 rings (SSSR count). The number of carbonyl (C=O) groups excluding carboxylic acids is 1. The van der Waals surface area contributed by atoms with Gasteiger partial charge in [0.15, 0.2) is 0 Å². The van der Waals surface area contributed by atoms with Crippen molar-refractivity contribution >= 4 is 11.6 Å². The van der Waals surface area contributed by atoms with Gasteiger partial charge in [-0.1, -0.05) is 17.9 Å². The maximum absolute atomic E-state index is 10.7. The quantitative estimate of drug-likeness (QED) is 0.458. The minimum atomic E-state index is -0.553. The largest absolute Gasteiger partial charge is 0.369 e. The van der Waals surface area contributed by atoms with Crippen LogP contribution < -0.4 is 5.73 Å². The van der Waals surface area contributed by atoms with E-state index in [1.807, 2.05) is 6.92 Å². The highest BCUT2D eigenvalue weighted by Crippen LogP contribution is 2.18. The molecule has 0 aliphatic carbocycles. The molecule has 16 heavy (non-hydrogen) atoms. The van der Waals surface area contributed by atoms with Gasteiger partial charge in [-0.2, -0.15) is 0 Å². The number of nitro groups is 1. The average molecular weight is 218 g/mol. The summed E-state index contributed by atoms with van der Waals surface area (Å²) in [6, 6.07) is 4.63. The third-order valence-electron chi connectivity index (χ3n) is 1.83. The summed E-state index contributed by atoms with van der Waals surface area (Å²) in [6.45, 7) is 1.81. The van der Waals surface area contributed by atoms with E-state index in [-0.39, 0.29) is 12.1 Å². The number of rotatable bonds is 2. The molecule has 0 aliphatic rings. The summed E-state index contributed by atoms with van der Waals surface area (Å²) in [5.74, 6) is 4.52. The fourth-order valence-corrected chi connectivity index (χ4v) is 1.14. The van der Waals surface area contributed by atoms with Crippen LogP contribution in [0.2, 0.25) is 0 Å². The molecule has 0 radical (unpaired) electrons. The van der Waals surface area contributed by atoms with Gasteiger partial charge in [0.25, 0.3) is 5.69 Å². The van der Waals surface area contributed by atoms with Crippen LogP contribution in [0.1, 0.15) is 17.5 Å². The van der Waals surface area contributed by atoms with Crippen molar-refractivity contribution in [1.29, 1.82) is 0 Å². The lowest BCUT2D eigenvalue weighted by atomic mass is 10.1. The predicted molar refractivity (Wildman–Crippen MR) is 58.5 cm³/mol. The van der Waals surface area contributed by atoms with E-state index in [0.29, 0.717) is 5.56 Å². The number of hydrogen-bond donors (Lipinski definition) is 1. The Balaban J connectivity index is 3.08. The third kappa shape index (κ3) is 3.10. The summed E-state index contributed by atoms with van der Waals surface area (Å²) in [6.07, 6.45) is -0.106. The summed E-state index contributed by atoms with van der Waals surface area (Å²) >= 11 is 0. The van der Waals surface area contributed by atoms with Crippen molar-refractivity contribution in [3.63, 3.8) is 0 Å². The van der Waals surface area contributed by atoms with Crippen LogP contribution in [0.3, 0.4) is 0 Å². The van der Waals surface area contributed by atoms with E-state index < -0.39 is 10.8 Å². The van der Waals surface area contributed by atoms with Gasteiger partial charge < -0.3 is 5.73 Å². The summed E-state index contributed by atoms with van der Waals surface area (Å²) in [5, 5.41) is 10.7. The second-order valence-electron chi connectivity index (χ2n) is 3.22. The lowest BCUT2D eigenvalue weighted by molar-refractivity contribution is -0.385. The number of nitrogens with two attached hydrogens (primary N) is 1. The van der Waals surface area contributed by atoms with Gasteiger partial charge in [-0.15, -0.1) is 0 Å². The van der Waals surface area contributed by atoms with E-state index in [9.17, 15) is 14.9 Å². The standard InChI is InChI=1S/C11H10N2O3/c1-8-5-6-10(13(15)16)9(7-8)3-2-4-11(12)14/h5-7H,4H2,1H3,(H2,12,14). The van der Waals surface area contributed by atoms with E-state index in [1.165, 1.54) is 6.07 Å². The highest BCUT2D eigenvalue weighted by atomic mass is 16.6. The Morgan fingerprint density at radius 2 is 2.25 bits per heavy atom. The number of amides is 1. The molecule has 1 aromatic rings. The molecule has 0 spiro atoms. The van der Waals surface area contributed by atoms with Crippen LogP contribution in [0.25, 0.3) is 0 Å². The molecule has 0 saturated heterocycles. The second kappa shape index (κ2) is 4.94. The molecule has 0 heterocycles. The van der Waals surface area contributed by atoms with Gasteiger partial charge in [0.2, 0.25) is 5.91 Å². The summed E-state index contributed by atoms with van der Waals surface area (Å²) in [5.41, 5.74) is 6.01. The molecule has 2 N–H and O–H groups in total. The lowest BCUT2D eigenvalue weighted by Gasteiger charge is -1.96. The maximum atomic E-state index is 10.7. The predicted octanol–water partition coefficient (Wildman–Crippen LogP) is 1.13. The first-order valence-corrected chi connectivity index (χ1v) is 4.53. The normalized spacial score (nSPS) is 9.06. The van der Waals surface area contributed by atoms with Gasteiger partial charge in [-0.25, -0.2) is 0 Å². The van der Waals surface area contributed by atoms with Crippen LogP contribution in [-0.2, 0) is 4.79 Å². The zero-order valence-electron chi connectivity index (χ0n) is 8.69. The SMILES string of the molecule is Cc1ccc([N+](=O)[O-])c(C#CCC(N)=O)c1. The van der Waals surface area contributed by atoms with E-state index in [1.54, 1.807) is 12.1 Å². The van der Waals surface area contributed by atoms with Crippen LogP contribution in [0.15, 0.2) is 18.2 Å². The first kappa shape index (κ1) is 11.7. The molecule has 0 unspecified atom stereocenters. The van der Waals surface area contributed by atoms with E-state index in [0.717, 1.165) is 5.56 Å². The van der Waals surface area contributed by atoms with E-state index >= 15 is 0 Å². The molecule has 82 valence electrons. The number of hydrogen-bond acceptors (Lipinski definition) is 3. The van der Waals surface area contributed by atoms with Crippen molar-refractivity contribution in [3.05, 3.63) is 39.4 Å². The highest BCUT2D eigenvalue weighted by Gasteiger charge is 2.10. The van der Waals surface area contributed by atoms with Crippen molar-refractivity contribution in [2.45, 2.75) is 13.3 Å². The molecule has 0 bridgehead atoms. The molecule has 0 saturated carbocycles. The maximum Gasteiger partial charge on any atom is 0.284 e. The van der Waals surface area contributed by atoms with Gasteiger partial charge in [-0.3, -0.25) is 14.9 Å². The minimum absolute atomic E-state index is 0.0671. The smallest absolute Gasteiger partial charge is 0.284 e. The monoisotopic (exact) mass is 218 g/mol. The number of nitro benzene ring substituents is 1. The van der Waals surface area contributed by atoms with Crippen LogP contribution in [0.5, 0.6) is 0 Å². The average Bonchev–Trinajstić information content (AvgIpc) is 2.16. The molecule has 0 fully saturated rings. The van der Waals surface area contributed by atoms with E-state index in [4.69, 9.17) is 5.73 Å². The fourth-order valence-electron chi connectivity index (χ4n) is 1.14. The molecule has 0 aromatic heterocycles. The number of benzene rings is 1. The van der Waals surface area contributed by atoms with Gasteiger partial charge in [0.1, 0.15) is 5.56 Å². The minimum Gasteiger partial charge on any atom is -0.369 e. The van der Waals surface area contributed by atoms with Gasteiger partial charge >= 0.3 is 0 Å². The van der Waals surface area contributed by atoms with Gasteiger partial charge in [0, 0.05) is 6.07 Å². The van der Waals surface area contributed by atoms with Gasteiger partial charge in [-0.05, 0) is 18.6 Å². The van der Waals surface area contributed by atoms with Crippen molar-refractivity contribution in [2.75, 3.05) is 0 Å². The van der Waals surface area contributed by atoms with Crippen molar-refractivity contribution < 1.29 is 9.72 Å². The number of aryl methyl sites for hydroxylation is 1. The second-order valence-corrected chi connectivity index (χ2v) is 3.22. The number of primary amides is 1.